The molecule has 0 aromatic rings. The summed E-state index contributed by atoms with van der Waals surface area (Å²) in [4.78, 5) is 0. The van der Waals surface area contributed by atoms with E-state index in [1.54, 1.807) is 0 Å². The van der Waals surface area contributed by atoms with Crippen molar-refractivity contribution in [3.63, 3.8) is 0 Å². The average Bonchev–Trinajstić information content (AvgIpc) is 0. The second kappa shape index (κ2) is 38.2. The van der Waals surface area contributed by atoms with Gasteiger partial charge in [-0.1, -0.05) is 0 Å². The minimum atomic E-state index is 0. The summed E-state index contributed by atoms with van der Waals surface area (Å²) in [5.74, 6) is 0. The third-order valence-corrected chi connectivity index (χ3v) is 0. The van der Waals surface area contributed by atoms with E-state index in [2.05, 4.69) is 0 Å². The summed E-state index contributed by atoms with van der Waals surface area (Å²) in [7, 11) is 0. The van der Waals surface area contributed by atoms with Crippen LogP contribution in [-0.4, -0.2) is 129 Å². The van der Waals surface area contributed by atoms with Gasteiger partial charge >= 0.3 is 0 Å². The maximum Gasteiger partial charge on any atom is 0 e. The van der Waals surface area contributed by atoms with Crippen molar-refractivity contribution in [3.8, 4) is 0 Å². The van der Waals surface area contributed by atoms with Crippen molar-refractivity contribution in [3.05, 3.63) is 0 Å². The molecule has 0 rings (SSSR count). The van der Waals surface area contributed by atoms with Crippen LogP contribution in [-0.2, 0) is 0 Å². The quantitative estimate of drug-likeness (QED) is 0.267. The molecule has 7 heteroatoms. The van der Waals surface area contributed by atoms with Crippen molar-refractivity contribution in [1.82, 2.24) is 0 Å². The van der Waals surface area contributed by atoms with E-state index in [1.165, 1.54) is 0 Å². The first-order chi connectivity index (χ1) is 0. The van der Waals surface area contributed by atoms with E-state index in [-0.39, 0.29) is 209 Å². The predicted molar refractivity (Wildman–Crippen MR) is 28.8 cm³/mol. The molecule has 0 atom stereocenters. The molecular formula is Gd2In5. The van der Waals surface area contributed by atoms with Gasteiger partial charge in [-0.3, -0.25) is 0 Å². The summed E-state index contributed by atoms with van der Waals surface area (Å²) < 4.78 is 0. The normalized spacial score (nSPS) is 0. The fourth-order valence-corrected chi connectivity index (χ4v) is 0. The molecule has 0 bridgehead atoms. The van der Waals surface area contributed by atoms with E-state index in [0.29, 0.717) is 0 Å². The Morgan fingerprint density at radius 3 is 0.286 bits per heavy atom. The van der Waals surface area contributed by atoms with Gasteiger partial charge in [0, 0.05) is 209 Å². The molecule has 0 saturated heterocycles. The Balaban J connectivity index is 0. The van der Waals surface area contributed by atoms with Crippen LogP contribution in [0.1, 0.15) is 0 Å². The minimum absolute atomic E-state index is 0. The van der Waals surface area contributed by atoms with E-state index in [1.807, 2.05) is 0 Å². The number of rotatable bonds is 0. The first-order valence-electron chi connectivity index (χ1n) is 0. The first-order valence-corrected chi connectivity index (χ1v) is 0. The standard InChI is InChI=1S/2Gd.5In. The van der Waals surface area contributed by atoms with Crippen molar-refractivity contribution >= 4 is 129 Å². The maximum absolute atomic E-state index is 0. The molecule has 0 aliphatic heterocycles. The Bertz CT molecular complexity index is 6.04. The van der Waals surface area contributed by atoms with Crippen LogP contribution in [0.4, 0.5) is 0 Å². The molecule has 0 saturated carbocycles. The zero-order valence-corrected chi connectivity index (χ0v) is 24.6. The molecule has 0 fully saturated rings. The SMILES string of the molecule is [Gd].[Gd].[In].[In].[In].[In].[In]. The van der Waals surface area contributed by atoms with Crippen LogP contribution in [0.5, 0.6) is 0 Å². The second-order valence-electron chi connectivity index (χ2n) is 0. The van der Waals surface area contributed by atoms with Crippen molar-refractivity contribution < 1.29 is 79.9 Å². The van der Waals surface area contributed by atoms with Gasteiger partial charge in [0.05, 0.1) is 0 Å². The molecule has 0 nitrogen and oxygen atoms in total. The number of hydrogen-bond acceptors (Lipinski definition) is 0. The Morgan fingerprint density at radius 1 is 0.286 bits per heavy atom. The van der Waals surface area contributed by atoms with E-state index >= 15 is 0 Å². The van der Waals surface area contributed by atoms with Gasteiger partial charge < -0.3 is 0 Å². The van der Waals surface area contributed by atoms with E-state index in [4.69, 9.17) is 0 Å². The molecule has 0 aromatic heterocycles. The van der Waals surface area contributed by atoms with Crippen LogP contribution in [0, 0.1) is 79.9 Å². The molecule has 0 unspecified atom stereocenters. The molecule has 15 radical (unpaired) electrons. The monoisotopic (exact) mass is 890 g/mol. The predicted octanol–water partition coefficient (Wildman–Crippen LogP) is -1.90. The third kappa shape index (κ3) is 32.1. The molecule has 31 valence electrons. The molecule has 0 aliphatic rings. The summed E-state index contributed by atoms with van der Waals surface area (Å²) in [6, 6.07) is 0. The van der Waals surface area contributed by atoms with Crippen LogP contribution in [0.25, 0.3) is 0 Å². The van der Waals surface area contributed by atoms with Crippen LogP contribution in [0.3, 0.4) is 0 Å². The van der Waals surface area contributed by atoms with Gasteiger partial charge in [0.25, 0.3) is 0 Å². The molecule has 0 heterocycles. The zero-order chi connectivity index (χ0) is 0. The van der Waals surface area contributed by atoms with E-state index in [0.717, 1.165) is 0 Å². The van der Waals surface area contributed by atoms with Gasteiger partial charge in [-0.2, -0.15) is 0 Å². The Kier molecular flexibility index (Phi) is 264. The van der Waals surface area contributed by atoms with Crippen LogP contribution in [0.15, 0.2) is 0 Å². The molecule has 0 aromatic carbocycles. The summed E-state index contributed by atoms with van der Waals surface area (Å²) in [5.41, 5.74) is 0. The molecule has 0 N–H and O–H groups in total. The minimum Gasteiger partial charge on any atom is 0 e. The first kappa shape index (κ1) is 48.3. The number of hydrogen-bond donors (Lipinski definition) is 0. The Morgan fingerprint density at radius 2 is 0.286 bits per heavy atom. The van der Waals surface area contributed by atoms with Gasteiger partial charge in [-0.25, -0.2) is 0 Å². The van der Waals surface area contributed by atoms with Crippen LogP contribution >= 0.6 is 0 Å². The van der Waals surface area contributed by atoms with E-state index < -0.39 is 0 Å². The van der Waals surface area contributed by atoms with Crippen molar-refractivity contribution in [2.24, 2.45) is 0 Å². The Labute approximate surface area is 202 Å². The Hall–Kier alpha value is 7.00. The molecule has 0 amide bonds. The summed E-state index contributed by atoms with van der Waals surface area (Å²) in [6.07, 6.45) is 0. The van der Waals surface area contributed by atoms with Gasteiger partial charge in [-0.05, 0) is 0 Å². The summed E-state index contributed by atoms with van der Waals surface area (Å²) in [6.45, 7) is 0. The zero-order valence-electron chi connectivity index (χ0n) is 3.59. The average molecular weight is 889 g/mol. The van der Waals surface area contributed by atoms with Gasteiger partial charge in [-0.15, -0.1) is 0 Å². The molecular weight excluding hydrogens is 889 g/mol. The molecule has 0 aliphatic carbocycles. The van der Waals surface area contributed by atoms with Crippen molar-refractivity contribution in [1.29, 1.82) is 0 Å². The third-order valence-electron chi connectivity index (χ3n) is 0. The van der Waals surface area contributed by atoms with E-state index in [9.17, 15) is 0 Å². The van der Waals surface area contributed by atoms with Gasteiger partial charge in [0.15, 0.2) is 0 Å². The molecule has 0 spiro atoms. The molecule has 7 heavy (non-hydrogen) atoms. The maximum atomic E-state index is 0. The smallest absolute Gasteiger partial charge is 0 e. The fourth-order valence-electron chi connectivity index (χ4n) is 0. The largest absolute Gasteiger partial charge is 0 e. The van der Waals surface area contributed by atoms with Crippen LogP contribution < -0.4 is 0 Å². The van der Waals surface area contributed by atoms with Crippen molar-refractivity contribution in [2.75, 3.05) is 0 Å². The second-order valence-corrected chi connectivity index (χ2v) is 0. The van der Waals surface area contributed by atoms with Gasteiger partial charge in [0.2, 0.25) is 0 Å². The van der Waals surface area contributed by atoms with Gasteiger partial charge in [0.1, 0.15) is 0 Å². The van der Waals surface area contributed by atoms with Crippen molar-refractivity contribution in [2.45, 2.75) is 0 Å². The summed E-state index contributed by atoms with van der Waals surface area (Å²) in [5, 5.41) is 0. The topological polar surface area (TPSA) is 0 Å². The summed E-state index contributed by atoms with van der Waals surface area (Å²) >= 11 is 0. The fraction of sp³-hybridized carbons (Fsp3) is 0. The van der Waals surface area contributed by atoms with Crippen LogP contribution in [0.2, 0.25) is 0 Å².